The van der Waals surface area contributed by atoms with Gasteiger partial charge in [0.25, 0.3) is 0 Å². The molecule has 10 heteroatoms. The molecule has 0 N–H and O–H groups in total. The van der Waals surface area contributed by atoms with Crippen LogP contribution < -0.4 is 0 Å². The number of nitrogens with zero attached hydrogens (tertiary/aromatic N) is 4. The Morgan fingerprint density at radius 2 is 0.981 bits per heavy atom. The Hall–Kier alpha value is -6.60. The van der Waals surface area contributed by atoms with E-state index >= 15 is 0 Å². The topological polar surface area (TPSA) is 62.5 Å². The van der Waals surface area contributed by atoms with Gasteiger partial charge in [-0.15, -0.1) is 0 Å². The minimum absolute atomic E-state index is 0.101. The SMILES string of the molecule is N#Cc1cc2nc(-c3ccccc3)c(-c3ccccc3)nc2c2c1c(-c1cccc(-c3cc(C(F)(F)F)cc(C(F)(F)F)c3)c1)nc1ccccc12. The van der Waals surface area contributed by atoms with Crippen LogP contribution >= 0.6 is 0 Å². The first-order chi connectivity index (χ1) is 25.0. The van der Waals surface area contributed by atoms with Crippen molar-refractivity contribution >= 4 is 32.7 Å². The van der Waals surface area contributed by atoms with Gasteiger partial charge < -0.3 is 0 Å². The van der Waals surface area contributed by atoms with Gasteiger partial charge >= 0.3 is 12.4 Å². The van der Waals surface area contributed by atoms with E-state index in [2.05, 4.69) is 6.07 Å². The van der Waals surface area contributed by atoms with Gasteiger partial charge in [-0.3, -0.25) is 0 Å². The van der Waals surface area contributed by atoms with E-state index in [1.54, 1.807) is 24.3 Å². The lowest BCUT2D eigenvalue weighted by Gasteiger charge is -2.17. The van der Waals surface area contributed by atoms with Crippen LogP contribution in [0, 0.1) is 11.3 Å². The molecule has 0 fully saturated rings. The van der Waals surface area contributed by atoms with Gasteiger partial charge in [0.2, 0.25) is 0 Å². The zero-order chi connectivity index (χ0) is 36.2. The number of rotatable bonds is 4. The number of hydrogen-bond donors (Lipinski definition) is 0. The third-order valence-corrected chi connectivity index (χ3v) is 8.87. The first kappa shape index (κ1) is 32.6. The third-order valence-electron chi connectivity index (χ3n) is 8.87. The van der Waals surface area contributed by atoms with Gasteiger partial charge in [-0.1, -0.05) is 97.1 Å². The van der Waals surface area contributed by atoms with Crippen molar-refractivity contribution < 1.29 is 26.3 Å². The van der Waals surface area contributed by atoms with Crippen LogP contribution in [0.4, 0.5) is 26.3 Å². The van der Waals surface area contributed by atoms with Crippen LogP contribution in [0.25, 0.3) is 77.6 Å². The van der Waals surface area contributed by atoms with E-state index in [1.807, 2.05) is 72.8 Å². The molecular formula is C42H22F6N4. The molecule has 0 spiro atoms. The predicted molar refractivity (Wildman–Crippen MR) is 189 cm³/mol. The Kier molecular flexibility index (Phi) is 7.72. The number of para-hydroxylation sites is 1. The first-order valence-corrected chi connectivity index (χ1v) is 16.0. The predicted octanol–water partition coefficient (Wildman–Crippen LogP) is 11.9. The molecule has 0 unspecified atom stereocenters. The minimum Gasteiger partial charge on any atom is -0.247 e. The van der Waals surface area contributed by atoms with Gasteiger partial charge in [0.15, 0.2) is 0 Å². The standard InChI is InChI=1S/C42H22F6N4/c43-41(44,45)30-19-28(20-31(22-30)42(46,47)48)26-14-9-15-27(18-26)37-35-29(23-49)21-34-40(36(35)32-16-7-8-17-33(32)50-37)52-39(25-12-5-2-6-13-25)38(51-34)24-10-3-1-4-11-24/h1-22H. The summed E-state index contributed by atoms with van der Waals surface area (Å²) in [7, 11) is 0. The maximum Gasteiger partial charge on any atom is 0.416 e. The molecule has 0 bridgehead atoms. The molecule has 2 heterocycles. The van der Waals surface area contributed by atoms with Crippen molar-refractivity contribution in [1.29, 1.82) is 5.26 Å². The second-order valence-corrected chi connectivity index (χ2v) is 12.2. The quantitative estimate of drug-likeness (QED) is 0.136. The van der Waals surface area contributed by atoms with E-state index < -0.39 is 23.5 Å². The van der Waals surface area contributed by atoms with Crippen LogP contribution in [0.1, 0.15) is 16.7 Å². The smallest absolute Gasteiger partial charge is 0.247 e. The highest BCUT2D eigenvalue weighted by Crippen LogP contribution is 2.43. The van der Waals surface area contributed by atoms with Crippen molar-refractivity contribution in [2.75, 3.05) is 0 Å². The summed E-state index contributed by atoms with van der Waals surface area (Å²) in [6.07, 6.45) is -10.0. The van der Waals surface area contributed by atoms with E-state index in [4.69, 9.17) is 15.0 Å². The third kappa shape index (κ3) is 5.76. The molecule has 6 aromatic carbocycles. The molecule has 252 valence electrons. The molecule has 8 rings (SSSR count). The van der Waals surface area contributed by atoms with Crippen molar-refractivity contribution in [3.8, 4) is 51.0 Å². The highest BCUT2D eigenvalue weighted by molar-refractivity contribution is 6.22. The monoisotopic (exact) mass is 696 g/mol. The summed E-state index contributed by atoms with van der Waals surface area (Å²) in [5, 5.41) is 12.3. The molecule has 52 heavy (non-hydrogen) atoms. The minimum atomic E-state index is -5.01. The van der Waals surface area contributed by atoms with Gasteiger partial charge in [-0.05, 0) is 47.5 Å². The number of pyridine rings is 1. The van der Waals surface area contributed by atoms with Crippen LogP contribution in [0.3, 0.4) is 0 Å². The highest BCUT2D eigenvalue weighted by atomic mass is 19.4. The second-order valence-electron chi connectivity index (χ2n) is 12.2. The van der Waals surface area contributed by atoms with Gasteiger partial charge in [0.1, 0.15) is 0 Å². The van der Waals surface area contributed by atoms with Gasteiger partial charge in [0.05, 0.1) is 56.4 Å². The Morgan fingerprint density at radius 3 is 1.60 bits per heavy atom. The molecule has 0 radical (unpaired) electrons. The van der Waals surface area contributed by atoms with Crippen molar-refractivity contribution in [1.82, 2.24) is 15.0 Å². The number of hydrogen-bond acceptors (Lipinski definition) is 4. The lowest BCUT2D eigenvalue weighted by atomic mass is 9.92. The Morgan fingerprint density at radius 1 is 0.442 bits per heavy atom. The molecule has 0 atom stereocenters. The summed E-state index contributed by atoms with van der Waals surface area (Å²) >= 11 is 0. The molecule has 0 aliphatic carbocycles. The lowest BCUT2D eigenvalue weighted by molar-refractivity contribution is -0.143. The zero-order valence-electron chi connectivity index (χ0n) is 26.8. The van der Waals surface area contributed by atoms with Crippen molar-refractivity contribution in [2.24, 2.45) is 0 Å². The van der Waals surface area contributed by atoms with Crippen LogP contribution in [-0.4, -0.2) is 15.0 Å². The van der Waals surface area contributed by atoms with Gasteiger partial charge in [-0.2, -0.15) is 31.6 Å². The van der Waals surface area contributed by atoms with Gasteiger partial charge in [-0.25, -0.2) is 15.0 Å². The maximum absolute atomic E-state index is 13.8. The van der Waals surface area contributed by atoms with E-state index in [0.717, 1.165) is 11.1 Å². The largest absolute Gasteiger partial charge is 0.416 e. The molecule has 0 aliphatic heterocycles. The summed E-state index contributed by atoms with van der Waals surface area (Å²) in [6.45, 7) is 0. The summed E-state index contributed by atoms with van der Waals surface area (Å²) < 4.78 is 82.6. The summed E-state index contributed by atoms with van der Waals surface area (Å²) in [6, 6.07) is 37.9. The fraction of sp³-hybridized carbons (Fsp3) is 0.0476. The highest BCUT2D eigenvalue weighted by Gasteiger charge is 2.37. The van der Waals surface area contributed by atoms with Crippen molar-refractivity contribution in [3.63, 3.8) is 0 Å². The Bertz CT molecular complexity index is 2680. The average molecular weight is 697 g/mol. The number of aromatic nitrogens is 3. The first-order valence-electron chi connectivity index (χ1n) is 16.0. The number of alkyl halides is 6. The lowest BCUT2D eigenvalue weighted by Crippen LogP contribution is -2.11. The van der Waals surface area contributed by atoms with E-state index in [0.29, 0.717) is 67.5 Å². The van der Waals surface area contributed by atoms with E-state index in [-0.39, 0.29) is 22.8 Å². The second kappa shape index (κ2) is 12.3. The summed E-state index contributed by atoms with van der Waals surface area (Å²) in [4.78, 5) is 15.2. The molecule has 4 nitrogen and oxygen atoms in total. The molecule has 0 saturated heterocycles. The number of nitriles is 1. The number of benzene rings is 6. The van der Waals surface area contributed by atoms with Crippen molar-refractivity contribution in [3.05, 3.63) is 150 Å². The summed E-state index contributed by atoms with van der Waals surface area (Å²) in [5.41, 5.74) is 2.29. The zero-order valence-corrected chi connectivity index (χ0v) is 26.8. The fourth-order valence-electron chi connectivity index (χ4n) is 6.52. The van der Waals surface area contributed by atoms with Crippen LogP contribution in [0.2, 0.25) is 0 Å². The van der Waals surface area contributed by atoms with E-state index in [1.165, 1.54) is 18.2 Å². The normalized spacial score (nSPS) is 12.0. The molecule has 2 aromatic heterocycles. The maximum atomic E-state index is 13.8. The molecule has 0 saturated carbocycles. The van der Waals surface area contributed by atoms with Crippen molar-refractivity contribution in [2.45, 2.75) is 12.4 Å². The average Bonchev–Trinajstić information content (AvgIpc) is 3.16. The van der Waals surface area contributed by atoms with E-state index in [9.17, 15) is 31.6 Å². The number of fused-ring (bicyclic) bond motifs is 5. The number of halogens is 6. The molecular weight excluding hydrogens is 674 g/mol. The van der Waals surface area contributed by atoms with Crippen LogP contribution in [-0.2, 0) is 12.4 Å². The molecule has 8 aromatic rings. The van der Waals surface area contributed by atoms with Crippen LogP contribution in [0.5, 0.6) is 0 Å². The fourth-order valence-corrected chi connectivity index (χ4v) is 6.52. The molecule has 0 amide bonds. The summed E-state index contributed by atoms with van der Waals surface area (Å²) in [5.74, 6) is 0. The Labute approximate surface area is 292 Å². The molecule has 0 aliphatic rings. The van der Waals surface area contributed by atoms with Gasteiger partial charge in [0, 0.05) is 32.8 Å². The Balaban J connectivity index is 1.44. The van der Waals surface area contributed by atoms with Crippen LogP contribution in [0.15, 0.2) is 133 Å².